The molecule has 0 radical (unpaired) electrons. The molecular weight excluding hydrogens is 383 g/mol. The highest BCUT2D eigenvalue weighted by Gasteiger charge is 2.40. The molecule has 142 valence electrons. The number of aryl methyl sites for hydroxylation is 1. The Balaban J connectivity index is 1.77. The minimum atomic E-state index is -4.76. The Hall–Kier alpha value is -2.81. The predicted octanol–water partition coefficient (Wildman–Crippen LogP) is 3.56. The zero-order valence-electron chi connectivity index (χ0n) is 13.9. The minimum absolute atomic E-state index is 0.119. The largest absolute Gasteiger partial charge is 0.434 e. The molecule has 0 spiro atoms. The smallest absolute Gasteiger partial charge is 0.352 e. The molecule has 0 aliphatic heterocycles. The van der Waals surface area contributed by atoms with Crippen LogP contribution in [0.15, 0.2) is 49.2 Å². The molecule has 27 heavy (non-hydrogen) atoms. The first-order chi connectivity index (χ1) is 12.9. The number of carbonyl (C=O) groups is 1. The number of nitrogens with one attached hydrogen (secondary N) is 1. The molecule has 2 aromatic heterocycles. The molecule has 6 nitrogen and oxygen atoms in total. The molecule has 0 unspecified atom stereocenters. The number of imidazole rings is 1. The zero-order chi connectivity index (χ0) is 19.4. The van der Waals surface area contributed by atoms with Crippen molar-refractivity contribution in [2.24, 2.45) is 0 Å². The molecule has 3 aromatic rings. The second kappa shape index (κ2) is 7.83. The van der Waals surface area contributed by atoms with Crippen molar-refractivity contribution in [3.63, 3.8) is 0 Å². The molecule has 0 saturated heterocycles. The summed E-state index contributed by atoms with van der Waals surface area (Å²) < 4.78 is 43.2. The molecule has 3 rings (SSSR count). The Bertz CT molecular complexity index is 921. The topological polar surface area (TPSA) is 64.7 Å². The van der Waals surface area contributed by atoms with Crippen molar-refractivity contribution in [1.29, 1.82) is 0 Å². The van der Waals surface area contributed by atoms with Gasteiger partial charge in [0, 0.05) is 30.5 Å². The summed E-state index contributed by atoms with van der Waals surface area (Å²) in [4.78, 5) is 16.2. The van der Waals surface area contributed by atoms with E-state index in [0.717, 1.165) is 6.20 Å². The number of halogens is 4. The van der Waals surface area contributed by atoms with Crippen molar-refractivity contribution < 1.29 is 18.0 Å². The number of alkyl halides is 3. The lowest BCUT2D eigenvalue weighted by Crippen LogP contribution is -2.28. The molecule has 0 atom stereocenters. The summed E-state index contributed by atoms with van der Waals surface area (Å²) in [6.07, 6.45) is 1.71. The van der Waals surface area contributed by atoms with Crippen LogP contribution in [0, 0.1) is 0 Å². The first kappa shape index (κ1) is 19.0. The maximum Gasteiger partial charge on any atom is 0.434 e. The van der Waals surface area contributed by atoms with Crippen molar-refractivity contribution in [3.8, 4) is 5.69 Å². The van der Waals surface area contributed by atoms with Crippen molar-refractivity contribution in [2.45, 2.75) is 19.1 Å². The van der Waals surface area contributed by atoms with Crippen molar-refractivity contribution in [3.05, 3.63) is 65.5 Å². The summed E-state index contributed by atoms with van der Waals surface area (Å²) in [7, 11) is 0. The molecule has 0 fully saturated rings. The van der Waals surface area contributed by atoms with E-state index in [1.165, 1.54) is 24.3 Å². The number of amides is 1. The van der Waals surface area contributed by atoms with Crippen LogP contribution in [0.1, 0.15) is 22.5 Å². The van der Waals surface area contributed by atoms with Gasteiger partial charge >= 0.3 is 6.18 Å². The van der Waals surface area contributed by atoms with Gasteiger partial charge < -0.3 is 9.88 Å². The second-order valence-electron chi connectivity index (χ2n) is 5.71. The number of aromatic nitrogens is 4. The highest BCUT2D eigenvalue weighted by Crippen LogP contribution is 2.34. The van der Waals surface area contributed by atoms with Crippen LogP contribution < -0.4 is 5.32 Å². The predicted molar refractivity (Wildman–Crippen MR) is 92.8 cm³/mol. The van der Waals surface area contributed by atoms with E-state index < -0.39 is 23.3 Å². The highest BCUT2D eigenvalue weighted by atomic mass is 35.5. The molecule has 0 aliphatic rings. The number of rotatable bonds is 6. The van der Waals surface area contributed by atoms with E-state index in [9.17, 15) is 18.0 Å². The summed E-state index contributed by atoms with van der Waals surface area (Å²) in [6.45, 7) is 0.810. The fourth-order valence-electron chi connectivity index (χ4n) is 2.57. The van der Waals surface area contributed by atoms with Crippen LogP contribution in [-0.4, -0.2) is 31.8 Å². The lowest BCUT2D eigenvalue weighted by atomic mass is 10.2. The molecule has 2 heterocycles. The van der Waals surface area contributed by atoms with E-state index in [0.29, 0.717) is 17.6 Å². The SMILES string of the molecule is O=C(NCCCn1ccnc1)c1cnn(-c2cccc(Cl)c2)c1C(F)(F)F. The molecule has 0 saturated carbocycles. The van der Waals surface area contributed by atoms with Gasteiger partial charge in [-0.05, 0) is 24.6 Å². The van der Waals surface area contributed by atoms with E-state index in [-0.39, 0.29) is 17.3 Å². The lowest BCUT2D eigenvalue weighted by molar-refractivity contribution is -0.143. The van der Waals surface area contributed by atoms with Crippen LogP contribution in [0.25, 0.3) is 5.69 Å². The van der Waals surface area contributed by atoms with Crippen LogP contribution in [0.5, 0.6) is 0 Å². The Kier molecular flexibility index (Phi) is 5.50. The fourth-order valence-corrected chi connectivity index (χ4v) is 2.75. The quantitative estimate of drug-likeness (QED) is 0.647. The van der Waals surface area contributed by atoms with Gasteiger partial charge in [-0.25, -0.2) is 9.67 Å². The van der Waals surface area contributed by atoms with E-state index in [1.54, 1.807) is 18.7 Å². The Morgan fingerprint density at radius 1 is 1.30 bits per heavy atom. The number of benzene rings is 1. The van der Waals surface area contributed by atoms with Gasteiger partial charge in [0.25, 0.3) is 5.91 Å². The Morgan fingerprint density at radius 3 is 2.78 bits per heavy atom. The third-order valence-corrected chi connectivity index (χ3v) is 4.01. The van der Waals surface area contributed by atoms with Gasteiger partial charge in [-0.15, -0.1) is 0 Å². The van der Waals surface area contributed by atoms with Gasteiger partial charge in [-0.3, -0.25) is 4.79 Å². The van der Waals surface area contributed by atoms with Crippen molar-refractivity contribution in [2.75, 3.05) is 6.54 Å². The molecule has 1 amide bonds. The summed E-state index contributed by atoms with van der Waals surface area (Å²) >= 11 is 5.85. The van der Waals surface area contributed by atoms with Gasteiger partial charge in [0.15, 0.2) is 5.69 Å². The second-order valence-corrected chi connectivity index (χ2v) is 6.14. The average Bonchev–Trinajstić information content (AvgIpc) is 3.27. The Labute approximate surface area is 157 Å². The van der Waals surface area contributed by atoms with Gasteiger partial charge in [0.05, 0.1) is 23.8 Å². The normalized spacial score (nSPS) is 11.6. The molecular formula is C17H15ClF3N5O. The Morgan fingerprint density at radius 2 is 2.11 bits per heavy atom. The standard InChI is InChI=1S/C17H15ClF3N5O/c18-12-3-1-4-13(9-12)26-15(17(19,20)21)14(10-24-26)16(27)23-5-2-7-25-8-6-22-11-25/h1,3-4,6,8-11H,2,5,7H2,(H,23,27). The maximum atomic E-state index is 13.6. The van der Waals surface area contributed by atoms with Crippen LogP contribution in [0.4, 0.5) is 13.2 Å². The molecule has 0 bridgehead atoms. The van der Waals surface area contributed by atoms with Gasteiger partial charge in [-0.1, -0.05) is 17.7 Å². The molecule has 1 aromatic carbocycles. The summed E-state index contributed by atoms with van der Waals surface area (Å²) in [6, 6.07) is 5.82. The summed E-state index contributed by atoms with van der Waals surface area (Å²) in [5.41, 5.74) is -1.56. The van der Waals surface area contributed by atoms with Gasteiger partial charge in [-0.2, -0.15) is 18.3 Å². The first-order valence-electron chi connectivity index (χ1n) is 8.01. The van der Waals surface area contributed by atoms with Crippen LogP contribution >= 0.6 is 11.6 Å². The number of hydrogen-bond acceptors (Lipinski definition) is 3. The van der Waals surface area contributed by atoms with Crippen molar-refractivity contribution in [1.82, 2.24) is 24.6 Å². The average molecular weight is 398 g/mol. The van der Waals surface area contributed by atoms with Crippen molar-refractivity contribution >= 4 is 17.5 Å². The molecule has 10 heteroatoms. The number of carbonyl (C=O) groups excluding carboxylic acids is 1. The molecule has 1 N–H and O–H groups in total. The zero-order valence-corrected chi connectivity index (χ0v) is 14.7. The number of nitrogens with zero attached hydrogens (tertiary/aromatic N) is 4. The van der Waals surface area contributed by atoms with E-state index in [1.807, 2.05) is 4.57 Å². The maximum absolute atomic E-state index is 13.6. The summed E-state index contributed by atoms with van der Waals surface area (Å²) in [5, 5.41) is 6.51. The third kappa shape index (κ3) is 4.48. The van der Waals surface area contributed by atoms with Crippen LogP contribution in [0.2, 0.25) is 5.02 Å². The van der Waals surface area contributed by atoms with Crippen LogP contribution in [-0.2, 0) is 12.7 Å². The van der Waals surface area contributed by atoms with Crippen LogP contribution in [0.3, 0.4) is 0 Å². The highest BCUT2D eigenvalue weighted by molar-refractivity contribution is 6.30. The molecule has 0 aliphatic carbocycles. The number of hydrogen-bond donors (Lipinski definition) is 1. The summed E-state index contributed by atoms with van der Waals surface area (Å²) in [5.74, 6) is -0.832. The minimum Gasteiger partial charge on any atom is -0.352 e. The van der Waals surface area contributed by atoms with Gasteiger partial charge in [0.2, 0.25) is 0 Å². The first-order valence-corrected chi connectivity index (χ1v) is 8.39. The van der Waals surface area contributed by atoms with Gasteiger partial charge in [0.1, 0.15) is 0 Å². The van der Waals surface area contributed by atoms with E-state index in [2.05, 4.69) is 15.4 Å². The van der Waals surface area contributed by atoms with E-state index >= 15 is 0 Å². The third-order valence-electron chi connectivity index (χ3n) is 3.77. The fraction of sp³-hybridized carbons (Fsp3) is 0.235. The monoisotopic (exact) mass is 397 g/mol. The lowest BCUT2D eigenvalue weighted by Gasteiger charge is -2.13. The van der Waals surface area contributed by atoms with E-state index in [4.69, 9.17) is 11.6 Å².